The zero-order valence-corrected chi connectivity index (χ0v) is 27.4. The highest BCUT2D eigenvalue weighted by Crippen LogP contribution is 2.40. The number of allylic oxidation sites excluding steroid dienone is 4. The molecule has 7 rings (SSSR count). The largest absolute Gasteiger partial charge is 0.371 e. The molecular formula is C39H41N6S+. The monoisotopic (exact) mass is 625 g/mol. The highest BCUT2D eigenvalue weighted by molar-refractivity contribution is 7.19. The summed E-state index contributed by atoms with van der Waals surface area (Å²) in [7, 11) is 2.16. The van der Waals surface area contributed by atoms with E-state index in [1.807, 2.05) is 11.3 Å². The molecule has 46 heavy (non-hydrogen) atoms. The number of nitrogens with one attached hydrogen (secondary N) is 2. The molecule has 0 saturated heterocycles. The molecule has 2 aliphatic rings. The first-order valence-electron chi connectivity index (χ1n) is 16.3. The second kappa shape index (κ2) is 13.6. The first-order valence-corrected chi connectivity index (χ1v) is 17.1. The Morgan fingerprint density at radius 1 is 0.978 bits per heavy atom. The van der Waals surface area contributed by atoms with Crippen LogP contribution in [-0.2, 0) is 7.05 Å². The number of anilines is 2. The third-order valence-electron chi connectivity index (χ3n) is 8.64. The summed E-state index contributed by atoms with van der Waals surface area (Å²) in [4.78, 5) is 9.41. The Kier molecular flexibility index (Phi) is 8.83. The van der Waals surface area contributed by atoms with Crippen LogP contribution in [0.2, 0.25) is 0 Å². The summed E-state index contributed by atoms with van der Waals surface area (Å²) in [6.07, 6.45) is 11.1. The Bertz CT molecular complexity index is 1970. The van der Waals surface area contributed by atoms with Gasteiger partial charge in [0.2, 0.25) is 5.52 Å². The van der Waals surface area contributed by atoms with E-state index in [1.54, 1.807) is 0 Å². The van der Waals surface area contributed by atoms with Crippen molar-refractivity contribution < 1.29 is 4.57 Å². The maximum atomic E-state index is 4.67. The highest BCUT2D eigenvalue weighted by Gasteiger charge is 2.24. The van der Waals surface area contributed by atoms with Gasteiger partial charge in [0.05, 0.1) is 12.2 Å². The number of aliphatic imine (C=N–C) groups is 1. The van der Waals surface area contributed by atoms with Gasteiger partial charge >= 0.3 is 0 Å². The molecule has 2 aliphatic heterocycles. The summed E-state index contributed by atoms with van der Waals surface area (Å²) >= 11 is 1.85. The van der Waals surface area contributed by atoms with Crippen molar-refractivity contribution in [1.29, 1.82) is 0 Å². The predicted molar refractivity (Wildman–Crippen MR) is 195 cm³/mol. The lowest BCUT2D eigenvalue weighted by atomic mass is 9.97. The van der Waals surface area contributed by atoms with Crippen molar-refractivity contribution in [3.63, 3.8) is 0 Å². The van der Waals surface area contributed by atoms with Crippen molar-refractivity contribution in [3.05, 3.63) is 126 Å². The van der Waals surface area contributed by atoms with E-state index in [0.717, 1.165) is 63.0 Å². The number of rotatable bonds is 10. The number of aromatic nitrogens is 1. The number of nitrogens with zero attached hydrogens (tertiary/aromatic N) is 4. The van der Waals surface area contributed by atoms with E-state index >= 15 is 0 Å². The summed E-state index contributed by atoms with van der Waals surface area (Å²) in [5.74, 6) is 2.14. The van der Waals surface area contributed by atoms with Crippen molar-refractivity contribution >= 4 is 61.3 Å². The zero-order valence-electron chi connectivity index (χ0n) is 26.6. The van der Waals surface area contributed by atoms with Crippen LogP contribution >= 0.6 is 11.3 Å². The topological polar surface area (TPSA) is 46.8 Å². The molecule has 2 N–H and O–H groups in total. The molecule has 1 aromatic heterocycles. The van der Waals surface area contributed by atoms with Gasteiger partial charge in [0.15, 0.2) is 5.96 Å². The van der Waals surface area contributed by atoms with E-state index in [9.17, 15) is 0 Å². The smallest absolute Gasteiger partial charge is 0.262 e. The molecule has 0 atom stereocenters. The van der Waals surface area contributed by atoms with E-state index in [4.69, 9.17) is 0 Å². The third-order valence-corrected chi connectivity index (χ3v) is 9.89. The fourth-order valence-electron chi connectivity index (χ4n) is 6.41. The molecule has 0 bridgehead atoms. The maximum Gasteiger partial charge on any atom is 0.262 e. The van der Waals surface area contributed by atoms with Gasteiger partial charge in [-0.05, 0) is 54.1 Å². The van der Waals surface area contributed by atoms with Gasteiger partial charge < -0.3 is 15.5 Å². The van der Waals surface area contributed by atoms with Gasteiger partial charge in [0.25, 0.3) is 5.01 Å². The fourth-order valence-corrected chi connectivity index (χ4v) is 7.60. The van der Waals surface area contributed by atoms with Crippen LogP contribution < -0.4 is 20.1 Å². The van der Waals surface area contributed by atoms with Crippen LogP contribution in [0.4, 0.5) is 11.4 Å². The number of hydrogen-bond donors (Lipinski definition) is 2. The average molecular weight is 626 g/mol. The molecule has 0 aliphatic carbocycles. The van der Waals surface area contributed by atoms with Gasteiger partial charge in [-0.3, -0.25) is 9.89 Å². The number of thiazole rings is 1. The molecule has 4 aromatic carbocycles. The molecule has 0 radical (unpaired) electrons. The summed E-state index contributed by atoms with van der Waals surface area (Å²) in [6.45, 7) is 6.88. The van der Waals surface area contributed by atoms with E-state index < -0.39 is 0 Å². The van der Waals surface area contributed by atoms with Gasteiger partial charge in [-0.2, -0.15) is 4.57 Å². The Hall–Kier alpha value is -4.88. The second-order valence-electron chi connectivity index (χ2n) is 11.7. The normalized spacial score (nSPS) is 15.3. The standard InChI is InChI=1S/C39H40N6S/c1-3-26-44(39-41-24-25-42-39)27-12-23-40-36-28-30(32-17-9-10-19-34(32)45(36)31-15-5-4-6-16-31)14-11-20-37-43(2)35-22-21-29-13-7-8-18-33(29)38(35)46-37/h4-11,13-22,28H,3,12,23-27H2,1-2H3,(H,41,42)/p+1. The van der Waals surface area contributed by atoms with Crippen LogP contribution in [0.1, 0.15) is 30.3 Å². The maximum absolute atomic E-state index is 4.67. The fraction of sp³-hybridized carbons (Fsp3) is 0.231. The Labute approximate surface area is 275 Å². The summed E-state index contributed by atoms with van der Waals surface area (Å²) in [5.41, 5.74) is 5.98. The number of aryl methyl sites for hydroxylation is 1. The van der Waals surface area contributed by atoms with Crippen LogP contribution in [0.25, 0.3) is 32.6 Å². The molecule has 6 nitrogen and oxygen atoms in total. The van der Waals surface area contributed by atoms with Gasteiger partial charge in [-0.15, -0.1) is 0 Å². The van der Waals surface area contributed by atoms with E-state index in [0.29, 0.717) is 0 Å². The predicted octanol–water partition coefficient (Wildman–Crippen LogP) is 7.62. The van der Waals surface area contributed by atoms with Crippen molar-refractivity contribution in [1.82, 2.24) is 15.5 Å². The lowest BCUT2D eigenvalue weighted by Crippen LogP contribution is -2.41. The second-order valence-corrected chi connectivity index (χ2v) is 12.8. The molecule has 0 saturated carbocycles. The minimum absolute atomic E-state index is 0.861. The van der Waals surface area contributed by atoms with Gasteiger partial charge in [-0.25, -0.2) is 0 Å². The van der Waals surface area contributed by atoms with E-state index in [2.05, 4.69) is 159 Å². The number of guanidine groups is 1. The number of hydrogen-bond acceptors (Lipinski definition) is 6. The molecular weight excluding hydrogens is 585 g/mol. The van der Waals surface area contributed by atoms with Crippen molar-refractivity contribution in [2.24, 2.45) is 12.0 Å². The molecule has 7 heteroatoms. The molecule has 5 aromatic rings. The molecule has 0 fully saturated rings. The minimum atomic E-state index is 0.861. The van der Waals surface area contributed by atoms with E-state index in [-0.39, 0.29) is 0 Å². The van der Waals surface area contributed by atoms with Crippen LogP contribution in [0, 0.1) is 0 Å². The lowest BCUT2D eigenvalue weighted by molar-refractivity contribution is -0.642. The van der Waals surface area contributed by atoms with Crippen LogP contribution in [0.15, 0.2) is 120 Å². The minimum Gasteiger partial charge on any atom is -0.371 e. The lowest BCUT2D eigenvalue weighted by Gasteiger charge is -2.34. The Balaban J connectivity index is 1.18. The summed E-state index contributed by atoms with van der Waals surface area (Å²) in [6, 6.07) is 32.5. The van der Waals surface area contributed by atoms with Gasteiger partial charge in [0, 0.05) is 55.0 Å². The molecule has 0 amide bonds. The third kappa shape index (κ3) is 6.03. The summed E-state index contributed by atoms with van der Waals surface area (Å²) < 4.78 is 3.62. The van der Waals surface area contributed by atoms with Crippen LogP contribution in [-0.4, -0.2) is 43.6 Å². The van der Waals surface area contributed by atoms with Crippen LogP contribution in [0.5, 0.6) is 0 Å². The van der Waals surface area contributed by atoms with Crippen molar-refractivity contribution in [3.8, 4) is 0 Å². The Morgan fingerprint density at radius 3 is 2.65 bits per heavy atom. The first kappa shape index (κ1) is 29.8. The number of fused-ring (bicyclic) bond motifs is 4. The van der Waals surface area contributed by atoms with Crippen LogP contribution in [0.3, 0.4) is 0 Å². The van der Waals surface area contributed by atoms with Crippen molar-refractivity contribution in [2.75, 3.05) is 37.6 Å². The molecule has 232 valence electrons. The van der Waals surface area contributed by atoms with E-state index in [1.165, 1.54) is 42.8 Å². The Morgan fingerprint density at radius 2 is 1.80 bits per heavy atom. The molecule has 3 heterocycles. The SMILES string of the molecule is CCCN(CCCNC1=CC(=CC=Cc2sc3c4ccccc4ccc3[n+]2C)c2ccccc2N1c1ccccc1)C1=NCCN1. The van der Waals surface area contributed by atoms with Gasteiger partial charge in [0.1, 0.15) is 17.6 Å². The zero-order chi connectivity index (χ0) is 31.3. The highest BCUT2D eigenvalue weighted by atomic mass is 32.1. The van der Waals surface area contributed by atoms with Gasteiger partial charge in [-0.1, -0.05) is 91.1 Å². The molecule has 0 unspecified atom stereocenters. The number of para-hydroxylation sites is 2. The summed E-state index contributed by atoms with van der Waals surface area (Å²) in [5, 5.41) is 11.1. The average Bonchev–Trinajstić information content (AvgIpc) is 3.75. The molecule has 0 spiro atoms. The number of benzene rings is 4. The quantitative estimate of drug-likeness (QED) is 0.124. The van der Waals surface area contributed by atoms with Crippen molar-refractivity contribution in [2.45, 2.75) is 19.8 Å². The first-order chi connectivity index (χ1) is 22.7.